The molecule has 3 amide bonds. The number of piperidine rings is 1. The summed E-state index contributed by atoms with van der Waals surface area (Å²) >= 11 is 0. The topological polar surface area (TPSA) is 90.5 Å². The van der Waals surface area contributed by atoms with Gasteiger partial charge in [0.25, 0.3) is 0 Å². The fourth-order valence-corrected chi connectivity index (χ4v) is 4.64. The van der Waals surface area contributed by atoms with Crippen LogP contribution in [0.1, 0.15) is 18.9 Å². The van der Waals surface area contributed by atoms with Gasteiger partial charge < -0.3 is 16.0 Å². The van der Waals surface area contributed by atoms with Gasteiger partial charge in [-0.3, -0.25) is 19.3 Å². The van der Waals surface area contributed by atoms with Gasteiger partial charge in [0.1, 0.15) is 5.82 Å². The molecule has 188 valence electrons. The maximum absolute atomic E-state index is 13.3. The molecule has 2 atom stereocenters. The first-order chi connectivity index (χ1) is 17.4. The van der Waals surface area contributed by atoms with Gasteiger partial charge in [0.15, 0.2) is 0 Å². The van der Waals surface area contributed by atoms with Crippen molar-refractivity contribution in [3.63, 3.8) is 0 Å². The molecule has 0 aliphatic carbocycles. The molecule has 8 heteroatoms. The summed E-state index contributed by atoms with van der Waals surface area (Å²) in [6.07, 6.45) is 0.410. The van der Waals surface area contributed by atoms with Crippen molar-refractivity contribution >= 4 is 34.2 Å². The molecule has 0 bridgehead atoms. The van der Waals surface area contributed by atoms with Crippen LogP contribution in [0.2, 0.25) is 0 Å². The molecule has 0 aromatic heterocycles. The number of carbonyl (C=O) groups excluding carboxylic acids is 3. The van der Waals surface area contributed by atoms with E-state index in [9.17, 15) is 18.8 Å². The molecule has 7 nitrogen and oxygen atoms in total. The lowest BCUT2D eigenvalue weighted by Gasteiger charge is -2.36. The van der Waals surface area contributed by atoms with E-state index in [4.69, 9.17) is 0 Å². The zero-order valence-corrected chi connectivity index (χ0v) is 20.3. The second kappa shape index (κ2) is 11.8. The highest BCUT2D eigenvalue weighted by Crippen LogP contribution is 2.26. The van der Waals surface area contributed by atoms with E-state index in [1.165, 1.54) is 31.2 Å². The minimum absolute atomic E-state index is 0.136. The molecule has 36 heavy (non-hydrogen) atoms. The van der Waals surface area contributed by atoms with Crippen LogP contribution in [0.3, 0.4) is 0 Å². The summed E-state index contributed by atoms with van der Waals surface area (Å²) in [4.78, 5) is 39.3. The number of halogens is 1. The molecule has 1 saturated heterocycles. The fourth-order valence-electron chi connectivity index (χ4n) is 4.64. The predicted octanol–water partition coefficient (Wildman–Crippen LogP) is 3.31. The predicted molar refractivity (Wildman–Crippen MR) is 138 cm³/mol. The molecule has 3 N–H and O–H groups in total. The zero-order valence-electron chi connectivity index (χ0n) is 20.3. The largest absolute Gasteiger partial charge is 0.355 e. The number of hydrogen-bond acceptors (Lipinski definition) is 4. The average molecular weight is 491 g/mol. The third kappa shape index (κ3) is 6.88. The molecule has 4 rings (SSSR count). The van der Waals surface area contributed by atoms with E-state index in [-0.39, 0.29) is 29.5 Å². The van der Waals surface area contributed by atoms with E-state index in [1.54, 1.807) is 0 Å². The smallest absolute Gasteiger partial charge is 0.228 e. The van der Waals surface area contributed by atoms with Gasteiger partial charge in [0, 0.05) is 45.3 Å². The summed E-state index contributed by atoms with van der Waals surface area (Å²) in [5.41, 5.74) is 1.63. The SMILES string of the molecule is CC(=O)NCCNC(=O)[C@H]1C[C@@H](C(=O)Nc2ccc(F)cc2)CN(Cc2ccc3ccccc3c2)C1. The van der Waals surface area contributed by atoms with Gasteiger partial charge in [-0.05, 0) is 53.1 Å². The van der Waals surface area contributed by atoms with Gasteiger partial charge in [-0.15, -0.1) is 0 Å². The monoisotopic (exact) mass is 490 g/mol. The van der Waals surface area contributed by atoms with E-state index in [1.807, 2.05) is 12.1 Å². The fraction of sp³-hybridized carbons (Fsp3) is 0.321. The summed E-state index contributed by atoms with van der Waals surface area (Å²) in [6.45, 7) is 3.75. The Morgan fingerprint density at radius 3 is 2.25 bits per heavy atom. The first-order valence-electron chi connectivity index (χ1n) is 12.2. The van der Waals surface area contributed by atoms with Crippen molar-refractivity contribution in [1.82, 2.24) is 15.5 Å². The first-order valence-corrected chi connectivity index (χ1v) is 12.2. The number of hydrogen-bond donors (Lipinski definition) is 3. The van der Waals surface area contributed by atoms with Gasteiger partial charge in [0.2, 0.25) is 17.7 Å². The molecule has 1 heterocycles. The molecular formula is C28H31FN4O3. The molecule has 3 aromatic rings. The molecule has 0 radical (unpaired) electrons. The third-order valence-corrected chi connectivity index (χ3v) is 6.40. The summed E-state index contributed by atoms with van der Waals surface area (Å²) in [5, 5.41) is 10.7. The summed E-state index contributed by atoms with van der Waals surface area (Å²) in [5.74, 6) is -1.64. The first kappa shape index (κ1) is 25.3. The van der Waals surface area contributed by atoms with Crippen LogP contribution in [0, 0.1) is 17.7 Å². The Morgan fingerprint density at radius 1 is 0.861 bits per heavy atom. The Bertz CT molecular complexity index is 1230. The van der Waals surface area contributed by atoms with Crippen molar-refractivity contribution < 1.29 is 18.8 Å². The lowest BCUT2D eigenvalue weighted by molar-refractivity contribution is -0.130. The number of anilines is 1. The maximum Gasteiger partial charge on any atom is 0.228 e. The number of amides is 3. The van der Waals surface area contributed by atoms with Gasteiger partial charge >= 0.3 is 0 Å². The van der Waals surface area contributed by atoms with Gasteiger partial charge in [-0.1, -0.05) is 36.4 Å². The molecule has 0 spiro atoms. The molecule has 0 unspecified atom stereocenters. The van der Waals surface area contributed by atoms with E-state index in [0.29, 0.717) is 44.8 Å². The zero-order chi connectivity index (χ0) is 25.5. The van der Waals surface area contributed by atoms with Crippen molar-refractivity contribution in [2.75, 3.05) is 31.5 Å². The highest BCUT2D eigenvalue weighted by atomic mass is 19.1. The van der Waals surface area contributed by atoms with Crippen molar-refractivity contribution in [2.24, 2.45) is 11.8 Å². The summed E-state index contributed by atoms with van der Waals surface area (Å²) < 4.78 is 13.3. The minimum atomic E-state index is -0.407. The van der Waals surface area contributed by atoms with E-state index < -0.39 is 5.92 Å². The molecule has 3 aromatic carbocycles. The molecular weight excluding hydrogens is 459 g/mol. The van der Waals surface area contributed by atoms with E-state index >= 15 is 0 Å². The Hall–Kier alpha value is -3.78. The van der Waals surface area contributed by atoms with Gasteiger partial charge in [-0.25, -0.2) is 4.39 Å². The maximum atomic E-state index is 13.3. The van der Waals surface area contributed by atoms with Crippen molar-refractivity contribution in [2.45, 2.75) is 19.9 Å². The molecule has 1 aliphatic heterocycles. The Kier molecular flexibility index (Phi) is 8.28. The Balaban J connectivity index is 1.46. The van der Waals surface area contributed by atoms with Crippen molar-refractivity contribution in [3.05, 3.63) is 78.1 Å². The highest BCUT2D eigenvalue weighted by Gasteiger charge is 2.35. The van der Waals surface area contributed by atoms with Crippen LogP contribution in [0.25, 0.3) is 10.8 Å². The Morgan fingerprint density at radius 2 is 1.53 bits per heavy atom. The third-order valence-electron chi connectivity index (χ3n) is 6.40. The van der Waals surface area contributed by atoms with Crippen LogP contribution in [0.5, 0.6) is 0 Å². The normalized spacial score (nSPS) is 17.9. The van der Waals surface area contributed by atoms with Crippen LogP contribution in [-0.4, -0.2) is 48.8 Å². The van der Waals surface area contributed by atoms with Crippen LogP contribution in [0.4, 0.5) is 10.1 Å². The van der Waals surface area contributed by atoms with Crippen molar-refractivity contribution in [3.8, 4) is 0 Å². The van der Waals surface area contributed by atoms with Crippen LogP contribution >= 0.6 is 0 Å². The summed E-state index contributed by atoms with van der Waals surface area (Å²) in [6, 6.07) is 20.1. The minimum Gasteiger partial charge on any atom is -0.355 e. The van der Waals surface area contributed by atoms with Gasteiger partial charge in [-0.2, -0.15) is 0 Å². The molecule has 0 saturated carbocycles. The van der Waals surface area contributed by atoms with Crippen LogP contribution in [-0.2, 0) is 20.9 Å². The van der Waals surface area contributed by atoms with Gasteiger partial charge in [0.05, 0.1) is 11.8 Å². The lowest BCUT2D eigenvalue weighted by atomic mass is 9.87. The lowest BCUT2D eigenvalue weighted by Crippen LogP contribution is -2.49. The number of nitrogens with zero attached hydrogens (tertiary/aromatic N) is 1. The van der Waals surface area contributed by atoms with Crippen LogP contribution in [0.15, 0.2) is 66.7 Å². The number of carbonyl (C=O) groups is 3. The number of rotatable bonds is 8. The Labute approximate surface area is 210 Å². The molecule has 1 fully saturated rings. The van der Waals surface area contributed by atoms with Crippen LogP contribution < -0.4 is 16.0 Å². The second-order valence-corrected chi connectivity index (χ2v) is 9.28. The number of nitrogens with one attached hydrogen (secondary N) is 3. The number of likely N-dealkylation sites (tertiary alicyclic amines) is 1. The quantitative estimate of drug-likeness (QED) is 0.423. The number of benzene rings is 3. The van der Waals surface area contributed by atoms with Crippen molar-refractivity contribution in [1.29, 1.82) is 0 Å². The van der Waals surface area contributed by atoms with E-state index in [2.05, 4.69) is 51.2 Å². The second-order valence-electron chi connectivity index (χ2n) is 9.28. The highest BCUT2D eigenvalue weighted by molar-refractivity contribution is 5.93. The standard InChI is InChI=1S/C28H31FN4O3/c1-19(34)30-12-13-31-27(35)23-15-24(28(36)32-26-10-8-25(29)9-11-26)18-33(17-23)16-20-6-7-21-4-2-3-5-22(21)14-20/h2-11,14,23-24H,12-13,15-18H2,1H3,(H,30,34)(H,31,35)(H,32,36)/t23-,24+/m0/s1. The number of fused-ring (bicyclic) bond motifs is 1. The molecule has 1 aliphatic rings. The van der Waals surface area contributed by atoms with E-state index in [0.717, 1.165) is 16.3 Å². The summed E-state index contributed by atoms with van der Waals surface area (Å²) in [7, 11) is 0. The average Bonchev–Trinajstić information content (AvgIpc) is 2.87.